The molecule has 2 saturated heterocycles. The van der Waals surface area contributed by atoms with Crippen LogP contribution >= 0.6 is 24.8 Å². The molecular weight excluding hydrogens is 333 g/mol. The summed E-state index contributed by atoms with van der Waals surface area (Å²) in [6, 6.07) is 8.66. The molecule has 1 aromatic carbocycles. The van der Waals surface area contributed by atoms with Crippen LogP contribution in [0.5, 0.6) is 0 Å². The number of carbonyl (C=O) groups excluding carboxylic acids is 1. The summed E-state index contributed by atoms with van der Waals surface area (Å²) in [5.41, 5.74) is 8.20. The first-order chi connectivity index (χ1) is 10.1. The van der Waals surface area contributed by atoms with Crippen molar-refractivity contribution in [2.24, 2.45) is 17.6 Å². The van der Waals surface area contributed by atoms with Crippen molar-refractivity contribution in [3.8, 4) is 0 Å². The summed E-state index contributed by atoms with van der Waals surface area (Å²) in [4.78, 5) is 14.9. The van der Waals surface area contributed by atoms with E-state index in [1.807, 2.05) is 0 Å². The van der Waals surface area contributed by atoms with Gasteiger partial charge in [0.05, 0.1) is 11.6 Å². The lowest BCUT2D eigenvalue weighted by molar-refractivity contribution is -0.135. The normalized spacial score (nSPS) is 30.2. The van der Waals surface area contributed by atoms with Crippen LogP contribution in [0.15, 0.2) is 24.3 Å². The summed E-state index contributed by atoms with van der Waals surface area (Å²) in [6.07, 6.45) is 1.69. The quantitative estimate of drug-likeness (QED) is 0.851. The molecule has 0 aromatic heterocycles. The molecule has 3 N–H and O–H groups in total. The zero-order valence-electron chi connectivity index (χ0n) is 13.3. The second-order valence-corrected chi connectivity index (χ2v) is 7.00. The molecule has 6 heteroatoms. The molecule has 23 heavy (non-hydrogen) atoms. The highest BCUT2D eigenvalue weighted by molar-refractivity contribution is 5.89. The van der Waals surface area contributed by atoms with E-state index < -0.39 is 5.54 Å². The fourth-order valence-corrected chi connectivity index (χ4v) is 4.08. The number of nitrogens with zero attached hydrogens (tertiary/aromatic N) is 1. The highest BCUT2D eigenvalue weighted by Gasteiger charge is 2.54. The van der Waals surface area contributed by atoms with Gasteiger partial charge < -0.3 is 16.0 Å². The van der Waals surface area contributed by atoms with Crippen LogP contribution in [0, 0.1) is 18.8 Å². The van der Waals surface area contributed by atoms with Gasteiger partial charge in [-0.15, -0.1) is 24.8 Å². The number of fused-ring (bicyclic) bond motifs is 1. The van der Waals surface area contributed by atoms with E-state index in [4.69, 9.17) is 5.73 Å². The summed E-state index contributed by atoms with van der Waals surface area (Å²) in [7, 11) is 0. The minimum atomic E-state index is -0.562. The molecule has 0 spiro atoms. The van der Waals surface area contributed by atoms with E-state index in [2.05, 4.69) is 41.4 Å². The van der Waals surface area contributed by atoms with E-state index in [-0.39, 0.29) is 36.8 Å². The SMILES string of the molecule is Cc1ccccc1[C@@H]1[C@H]2CNC[C@H]2CN1C(=O)C1(N)CC1.Cl.Cl. The molecule has 1 amide bonds. The Labute approximate surface area is 150 Å². The Bertz CT molecular complexity index is 591. The maximum absolute atomic E-state index is 12.8. The van der Waals surface area contributed by atoms with Gasteiger partial charge in [-0.25, -0.2) is 0 Å². The maximum Gasteiger partial charge on any atom is 0.243 e. The summed E-state index contributed by atoms with van der Waals surface area (Å²) in [5, 5.41) is 3.49. The van der Waals surface area contributed by atoms with Crippen molar-refractivity contribution in [3.63, 3.8) is 0 Å². The Kier molecular flexibility index (Phi) is 5.31. The smallest absolute Gasteiger partial charge is 0.243 e. The summed E-state index contributed by atoms with van der Waals surface area (Å²) >= 11 is 0. The van der Waals surface area contributed by atoms with Crippen molar-refractivity contribution in [1.82, 2.24) is 10.2 Å². The fourth-order valence-electron chi connectivity index (χ4n) is 4.08. The number of hydrogen-bond acceptors (Lipinski definition) is 3. The molecule has 1 aliphatic carbocycles. The molecule has 0 bridgehead atoms. The van der Waals surface area contributed by atoms with Crippen molar-refractivity contribution in [1.29, 1.82) is 0 Å². The van der Waals surface area contributed by atoms with E-state index in [0.29, 0.717) is 11.8 Å². The highest BCUT2D eigenvalue weighted by Crippen LogP contribution is 2.46. The molecule has 0 unspecified atom stereocenters. The number of benzene rings is 1. The monoisotopic (exact) mass is 357 g/mol. The van der Waals surface area contributed by atoms with Gasteiger partial charge in [0.2, 0.25) is 5.91 Å². The lowest BCUT2D eigenvalue weighted by Crippen LogP contribution is -2.46. The third-order valence-corrected chi connectivity index (χ3v) is 5.55. The Morgan fingerprint density at radius 3 is 2.61 bits per heavy atom. The zero-order valence-corrected chi connectivity index (χ0v) is 15.0. The zero-order chi connectivity index (χ0) is 14.6. The molecule has 4 nitrogen and oxygen atoms in total. The first kappa shape index (κ1) is 18.5. The molecule has 1 saturated carbocycles. The Morgan fingerprint density at radius 2 is 1.96 bits per heavy atom. The number of carbonyl (C=O) groups is 1. The van der Waals surface area contributed by atoms with Gasteiger partial charge in [0.15, 0.2) is 0 Å². The first-order valence-corrected chi connectivity index (χ1v) is 7.96. The van der Waals surface area contributed by atoms with E-state index >= 15 is 0 Å². The topological polar surface area (TPSA) is 58.4 Å². The van der Waals surface area contributed by atoms with E-state index in [1.54, 1.807) is 0 Å². The van der Waals surface area contributed by atoms with E-state index in [1.165, 1.54) is 11.1 Å². The molecule has 3 aliphatic rings. The van der Waals surface area contributed by atoms with E-state index in [0.717, 1.165) is 32.5 Å². The minimum Gasteiger partial charge on any atom is -0.333 e. The second kappa shape index (κ2) is 6.60. The van der Waals surface area contributed by atoms with Crippen LogP contribution in [0.2, 0.25) is 0 Å². The van der Waals surface area contributed by atoms with Crippen LogP contribution < -0.4 is 11.1 Å². The molecule has 128 valence electrons. The number of amides is 1. The Morgan fingerprint density at radius 1 is 1.26 bits per heavy atom. The van der Waals surface area contributed by atoms with Gasteiger partial charge >= 0.3 is 0 Å². The highest BCUT2D eigenvalue weighted by atomic mass is 35.5. The average molecular weight is 358 g/mol. The van der Waals surface area contributed by atoms with Gasteiger partial charge in [0.1, 0.15) is 0 Å². The van der Waals surface area contributed by atoms with Crippen molar-refractivity contribution in [3.05, 3.63) is 35.4 Å². The predicted octanol–water partition coefficient (Wildman–Crippen LogP) is 2.05. The van der Waals surface area contributed by atoms with Gasteiger partial charge in [-0.3, -0.25) is 4.79 Å². The van der Waals surface area contributed by atoms with Gasteiger partial charge in [0.25, 0.3) is 0 Å². The fraction of sp³-hybridized carbons (Fsp3) is 0.588. The van der Waals surface area contributed by atoms with Gasteiger partial charge in [-0.2, -0.15) is 0 Å². The lowest BCUT2D eigenvalue weighted by Gasteiger charge is -2.31. The van der Waals surface area contributed by atoms with Crippen molar-refractivity contribution < 1.29 is 4.79 Å². The lowest BCUT2D eigenvalue weighted by atomic mass is 9.87. The van der Waals surface area contributed by atoms with Crippen LogP contribution in [0.3, 0.4) is 0 Å². The predicted molar refractivity (Wildman–Crippen MR) is 96.1 cm³/mol. The molecule has 0 radical (unpaired) electrons. The number of nitrogens with one attached hydrogen (secondary N) is 1. The number of aryl methyl sites for hydroxylation is 1. The third-order valence-electron chi connectivity index (χ3n) is 5.55. The van der Waals surface area contributed by atoms with E-state index in [9.17, 15) is 4.79 Å². The summed E-state index contributed by atoms with van der Waals surface area (Å²) in [5.74, 6) is 1.27. The third kappa shape index (κ3) is 2.98. The second-order valence-electron chi connectivity index (χ2n) is 7.00. The molecule has 4 rings (SSSR count). The Balaban J connectivity index is 0.000000960. The summed E-state index contributed by atoms with van der Waals surface area (Å²) in [6.45, 7) is 5.02. The van der Waals surface area contributed by atoms with Crippen LogP contribution in [-0.2, 0) is 4.79 Å². The van der Waals surface area contributed by atoms with Crippen molar-refractivity contribution in [2.75, 3.05) is 19.6 Å². The van der Waals surface area contributed by atoms with Crippen molar-refractivity contribution in [2.45, 2.75) is 31.3 Å². The van der Waals surface area contributed by atoms with Crippen LogP contribution in [0.1, 0.15) is 30.0 Å². The molecule has 2 heterocycles. The number of nitrogens with two attached hydrogens (primary N) is 1. The largest absolute Gasteiger partial charge is 0.333 e. The van der Waals surface area contributed by atoms with Gasteiger partial charge in [-0.05, 0) is 36.8 Å². The maximum atomic E-state index is 12.8. The molecule has 3 atom stereocenters. The van der Waals surface area contributed by atoms with Crippen LogP contribution in [-0.4, -0.2) is 36.0 Å². The Hall–Kier alpha value is -0.810. The number of likely N-dealkylation sites (tertiary alicyclic amines) is 1. The van der Waals surface area contributed by atoms with Crippen LogP contribution in [0.4, 0.5) is 0 Å². The first-order valence-electron chi connectivity index (χ1n) is 7.96. The number of halogens is 2. The molecule has 3 fully saturated rings. The average Bonchev–Trinajstić information content (AvgIpc) is 2.93. The minimum absolute atomic E-state index is 0. The number of hydrogen-bond donors (Lipinski definition) is 2. The number of rotatable bonds is 2. The van der Waals surface area contributed by atoms with Crippen molar-refractivity contribution >= 4 is 30.7 Å². The standard InChI is InChI=1S/C17H23N3O.2ClH/c1-11-4-2-3-5-13(11)15-14-9-19-8-12(14)10-20(15)16(21)17(18)6-7-17;;/h2-5,12,14-15,19H,6-10,18H2,1H3;2*1H/t12-,14-,15+;;/m0../s1. The van der Waals surface area contributed by atoms with Crippen LogP contribution in [0.25, 0.3) is 0 Å². The summed E-state index contributed by atoms with van der Waals surface area (Å²) < 4.78 is 0. The van der Waals surface area contributed by atoms with Gasteiger partial charge in [0, 0.05) is 25.6 Å². The molecule has 2 aliphatic heterocycles. The molecular formula is C17H25Cl2N3O. The molecule has 1 aromatic rings. The van der Waals surface area contributed by atoms with Gasteiger partial charge in [-0.1, -0.05) is 24.3 Å².